The summed E-state index contributed by atoms with van der Waals surface area (Å²) in [6.07, 6.45) is 8.96. The third kappa shape index (κ3) is 3.18. The van der Waals surface area contributed by atoms with Gasteiger partial charge in [-0.15, -0.1) is 6.42 Å². The van der Waals surface area contributed by atoms with E-state index < -0.39 is 0 Å². The number of anilines is 1. The zero-order valence-electron chi connectivity index (χ0n) is 14.5. The monoisotopic (exact) mass is 329 g/mol. The lowest BCUT2D eigenvalue weighted by Crippen LogP contribution is -2.14. The first-order valence-electron chi connectivity index (χ1n) is 8.14. The largest absolute Gasteiger partial charge is 0.370 e. The van der Waals surface area contributed by atoms with Crippen LogP contribution in [0.2, 0.25) is 0 Å². The van der Waals surface area contributed by atoms with Gasteiger partial charge in [-0.05, 0) is 42.7 Å². The zero-order chi connectivity index (χ0) is 18.0. The Morgan fingerprint density at radius 2 is 2.00 bits per heavy atom. The molecule has 0 aliphatic carbocycles. The fourth-order valence-corrected chi connectivity index (χ4v) is 2.73. The Bertz CT molecular complexity index is 1000. The van der Waals surface area contributed by atoms with Gasteiger partial charge >= 0.3 is 0 Å². The first-order chi connectivity index (χ1) is 12.0. The predicted octanol–water partition coefficient (Wildman–Crippen LogP) is 3.82. The Labute approximate surface area is 147 Å². The van der Waals surface area contributed by atoms with Crippen LogP contribution in [-0.4, -0.2) is 20.6 Å². The minimum atomic E-state index is -0.284. The summed E-state index contributed by atoms with van der Waals surface area (Å²) in [5.74, 6) is 2.89. The van der Waals surface area contributed by atoms with Gasteiger partial charge in [0, 0.05) is 17.4 Å². The van der Waals surface area contributed by atoms with Gasteiger partial charge in [0.1, 0.15) is 6.04 Å². The molecule has 0 aromatic carbocycles. The van der Waals surface area contributed by atoms with Crippen LogP contribution < -0.4 is 5.32 Å². The molecule has 0 aliphatic rings. The molecule has 3 aromatic heterocycles. The molecule has 0 aliphatic heterocycles. The van der Waals surface area contributed by atoms with Gasteiger partial charge < -0.3 is 5.32 Å². The molecule has 3 aromatic rings. The van der Waals surface area contributed by atoms with E-state index in [2.05, 4.69) is 41.2 Å². The van der Waals surface area contributed by atoms with Crippen molar-refractivity contribution in [3.05, 3.63) is 47.8 Å². The Morgan fingerprint density at radius 1 is 1.20 bits per heavy atom. The summed E-state index contributed by atoms with van der Waals surface area (Å²) in [6.45, 7) is 6.04. The Morgan fingerprint density at radius 3 is 2.68 bits per heavy atom. The van der Waals surface area contributed by atoms with Gasteiger partial charge in [-0.25, -0.2) is 4.52 Å². The van der Waals surface area contributed by atoms with Crippen molar-refractivity contribution in [1.82, 2.24) is 14.6 Å². The molecule has 0 spiro atoms. The average Bonchev–Trinajstić information content (AvgIpc) is 3.04. The van der Waals surface area contributed by atoms with E-state index in [-0.39, 0.29) is 6.04 Å². The second-order valence-corrected chi connectivity index (χ2v) is 6.25. The number of aromatic nitrogens is 3. The van der Waals surface area contributed by atoms with Crippen LogP contribution in [0.5, 0.6) is 0 Å². The van der Waals surface area contributed by atoms with E-state index >= 15 is 0 Å². The highest BCUT2D eigenvalue weighted by atomic mass is 15.2. The number of pyridine rings is 1. The predicted molar refractivity (Wildman–Crippen MR) is 99.1 cm³/mol. The van der Waals surface area contributed by atoms with E-state index in [1.807, 2.05) is 41.9 Å². The molecule has 0 bridgehead atoms. The molecule has 0 amide bonds. The van der Waals surface area contributed by atoms with Crippen LogP contribution in [0.1, 0.15) is 37.8 Å². The standard InChI is InChI=1S/C20H19N5/c1-5-15-8-16-6-7-20(25(16)23-11-15)19-9-18(24-14(4)10-21)17(12-22-19)13(2)3/h1,6-9,11-14H,2-4H3,(H,22,24)/t14-/m1/s1. The molecule has 0 saturated carbocycles. The lowest BCUT2D eigenvalue weighted by Gasteiger charge is -2.16. The van der Waals surface area contributed by atoms with Gasteiger partial charge in [0.25, 0.3) is 0 Å². The van der Waals surface area contributed by atoms with Gasteiger partial charge in [-0.3, -0.25) is 4.98 Å². The molecule has 25 heavy (non-hydrogen) atoms. The van der Waals surface area contributed by atoms with Gasteiger partial charge in [-0.2, -0.15) is 10.4 Å². The van der Waals surface area contributed by atoms with Crippen molar-refractivity contribution in [2.24, 2.45) is 0 Å². The van der Waals surface area contributed by atoms with Crippen molar-refractivity contribution in [3.8, 4) is 29.8 Å². The Kier molecular flexibility index (Phi) is 4.41. The molecule has 3 rings (SSSR count). The molecule has 124 valence electrons. The summed E-state index contributed by atoms with van der Waals surface area (Å²) in [7, 11) is 0. The van der Waals surface area contributed by atoms with Crippen LogP contribution >= 0.6 is 0 Å². The second-order valence-electron chi connectivity index (χ2n) is 6.25. The van der Waals surface area contributed by atoms with E-state index in [1.165, 1.54) is 0 Å². The maximum Gasteiger partial charge on any atom is 0.111 e. The fourth-order valence-electron chi connectivity index (χ4n) is 2.73. The number of nitriles is 1. The summed E-state index contributed by atoms with van der Waals surface area (Å²) in [4.78, 5) is 4.60. The van der Waals surface area contributed by atoms with Crippen LogP contribution in [0, 0.1) is 23.7 Å². The van der Waals surface area contributed by atoms with Gasteiger partial charge in [0.05, 0.1) is 29.2 Å². The van der Waals surface area contributed by atoms with Crippen molar-refractivity contribution in [2.75, 3.05) is 5.32 Å². The highest BCUT2D eigenvalue weighted by Gasteiger charge is 2.14. The number of fused-ring (bicyclic) bond motifs is 1. The zero-order valence-corrected chi connectivity index (χ0v) is 14.5. The normalized spacial score (nSPS) is 11.9. The molecule has 0 saturated heterocycles. The molecule has 0 radical (unpaired) electrons. The van der Waals surface area contributed by atoms with Crippen LogP contribution in [0.15, 0.2) is 36.7 Å². The van der Waals surface area contributed by atoms with E-state index in [4.69, 9.17) is 11.7 Å². The van der Waals surface area contributed by atoms with Crippen molar-refractivity contribution in [3.63, 3.8) is 0 Å². The molecule has 0 fully saturated rings. The first kappa shape index (κ1) is 16.5. The maximum absolute atomic E-state index is 9.11. The summed E-state index contributed by atoms with van der Waals surface area (Å²) in [6, 6.07) is 9.74. The topological polar surface area (TPSA) is 66.0 Å². The van der Waals surface area contributed by atoms with E-state index in [0.717, 1.165) is 33.7 Å². The van der Waals surface area contributed by atoms with Crippen molar-refractivity contribution in [2.45, 2.75) is 32.7 Å². The maximum atomic E-state index is 9.11. The molecule has 5 nitrogen and oxygen atoms in total. The van der Waals surface area contributed by atoms with Crippen LogP contribution in [-0.2, 0) is 0 Å². The number of terminal acetylenes is 1. The quantitative estimate of drug-likeness (QED) is 0.739. The lowest BCUT2D eigenvalue weighted by molar-refractivity contribution is 0.852. The summed E-state index contributed by atoms with van der Waals surface area (Å²) >= 11 is 0. The van der Waals surface area contributed by atoms with Crippen molar-refractivity contribution in [1.29, 1.82) is 5.26 Å². The highest BCUT2D eigenvalue weighted by Crippen LogP contribution is 2.29. The molecule has 0 unspecified atom stereocenters. The number of nitrogens with one attached hydrogen (secondary N) is 1. The van der Waals surface area contributed by atoms with Crippen LogP contribution in [0.4, 0.5) is 5.69 Å². The van der Waals surface area contributed by atoms with Gasteiger partial charge in [0.15, 0.2) is 0 Å². The Hall–Kier alpha value is -3.31. The first-order valence-corrected chi connectivity index (χ1v) is 8.14. The smallest absolute Gasteiger partial charge is 0.111 e. The van der Waals surface area contributed by atoms with Crippen molar-refractivity contribution < 1.29 is 0 Å². The van der Waals surface area contributed by atoms with E-state index in [1.54, 1.807) is 6.20 Å². The number of hydrogen-bond donors (Lipinski definition) is 1. The third-order valence-electron chi connectivity index (χ3n) is 4.05. The highest BCUT2D eigenvalue weighted by molar-refractivity contribution is 5.69. The van der Waals surface area contributed by atoms with E-state index in [9.17, 15) is 0 Å². The molecular weight excluding hydrogens is 310 g/mol. The lowest BCUT2D eigenvalue weighted by atomic mass is 10.0. The number of rotatable bonds is 4. The van der Waals surface area contributed by atoms with Crippen molar-refractivity contribution >= 4 is 11.2 Å². The molecule has 3 heterocycles. The SMILES string of the molecule is C#Cc1cnn2c(-c3cc(N[C@H](C)C#N)c(C(C)C)cn3)ccc2c1. The third-order valence-corrected chi connectivity index (χ3v) is 4.05. The van der Waals surface area contributed by atoms with E-state index in [0.29, 0.717) is 5.92 Å². The summed E-state index contributed by atoms with van der Waals surface area (Å²) in [5.41, 5.74) is 5.32. The van der Waals surface area contributed by atoms with Crippen LogP contribution in [0.3, 0.4) is 0 Å². The summed E-state index contributed by atoms with van der Waals surface area (Å²) in [5, 5.41) is 16.8. The Balaban J connectivity index is 2.10. The molecule has 1 atom stereocenters. The van der Waals surface area contributed by atoms with Gasteiger partial charge in [-0.1, -0.05) is 19.8 Å². The summed E-state index contributed by atoms with van der Waals surface area (Å²) < 4.78 is 1.82. The molecule has 5 heteroatoms. The average molecular weight is 329 g/mol. The molecular formula is C20H19N5. The fraction of sp³-hybridized carbons (Fsp3) is 0.250. The number of hydrogen-bond acceptors (Lipinski definition) is 4. The van der Waals surface area contributed by atoms with Gasteiger partial charge in [0.2, 0.25) is 0 Å². The van der Waals surface area contributed by atoms with Crippen LogP contribution in [0.25, 0.3) is 16.9 Å². The second kappa shape index (κ2) is 6.67. The molecule has 1 N–H and O–H groups in total. The number of nitrogens with zero attached hydrogens (tertiary/aromatic N) is 4. The minimum absolute atomic E-state index is 0.284. The minimum Gasteiger partial charge on any atom is -0.370 e.